The molecule has 1 rings (SSSR count). The van der Waals surface area contributed by atoms with Crippen LogP contribution in [0.5, 0.6) is 0 Å². The number of rotatable bonds is 7. The van der Waals surface area contributed by atoms with Crippen LogP contribution in [0.25, 0.3) is 0 Å². The summed E-state index contributed by atoms with van der Waals surface area (Å²) in [5, 5.41) is 11.8. The van der Waals surface area contributed by atoms with Crippen molar-refractivity contribution >= 4 is 17.6 Å². The number of hydrogen-bond donors (Lipinski definition) is 3. The number of carbonyl (C=O) groups is 2. The number of carbonyl (C=O) groups excluding carboxylic acids is 1. The summed E-state index contributed by atoms with van der Waals surface area (Å²) < 4.78 is 0. The molecule has 0 saturated heterocycles. The number of carboxylic acid groups (broad SMARTS) is 1. The van der Waals surface area contributed by atoms with E-state index in [9.17, 15) is 9.59 Å². The largest absolute Gasteiger partial charge is 0.481 e. The smallest absolute Gasteiger partial charge is 0.303 e. The van der Waals surface area contributed by atoms with Crippen LogP contribution in [0.1, 0.15) is 25.3 Å². The minimum absolute atomic E-state index is 0.0862. The Labute approximate surface area is 106 Å². The zero-order chi connectivity index (χ0) is 13.5. The number of aliphatic carboxylic acids is 1. The van der Waals surface area contributed by atoms with Crippen LogP contribution < -0.4 is 11.1 Å². The topological polar surface area (TPSA) is 92.4 Å². The second-order valence-electron chi connectivity index (χ2n) is 4.32. The highest BCUT2D eigenvalue weighted by Gasteiger charge is 2.05. The van der Waals surface area contributed by atoms with Crippen molar-refractivity contribution in [2.45, 2.75) is 32.2 Å². The summed E-state index contributed by atoms with van der Waals surface area (Å²) in [6.07, 6.45) is 0.946. The summed E-state index contributed by atoms with van der Waals surface area (Å²) in [5.41, 5.74) is 6.87. The van der Waals surface area contributed by atoms with Crippen LogP contribution in [0.4, 0.5) is 5.69 Å². The molecule has 1 unspecified atom stereocenters. The molecule has 98 valence electrons. The maximum absolute atomic E-state index is 10.7. The van der Waals surface area contributed by atoms with Gasteiger partial charge in [0.25, 0.3) is 0 Å². The molecule has 0 radical (unpaired) electrons. The molecule has 0 bridgehead atoms. The number of primary amides is 1. The molecule has 5 heteroatoms. The van der Waals surface area contributed by atoms with Gasteiger partial charge in [-0.3, -0.25) is 9.59 Å². The molecule has 0 aliphatic carbocycles. The molecule has 0 heterocycles. The second-order valence-corrected chi connectivity index (χ2v) is 4.32. The van der Waals surface area contributed by atoms with Crippen molar-refractivity contribution in [2.75, 3.05) is 5.32 Å². The quantitative estimate of drug-likeness (QED) is 0.681. The molecule has 1 aromatic rings. The summed E-state index contributed by atoms with van der Waals surface area (Å²) in [6, 6.07) is 7.46. The van der Waals surface area contributed by atoms with Crippen LogP contribution in [-0.4, -0.2) is 23.0 Å². The highest BCUT2D eigenvalue weighted by Crippen LogP contribution is 2.12. The second kappa shape index (κ2) is 6.64. The van der Waals surface area contributed by atoms with Crippen molar-refractivity contribution in [3.63, 3.8) is 0 Å². The molecule has 1 amide bonds. The lowest BCUT2D eigenvalue weighted by Crippen LogP contribution is -2.17. The van der Waals surface area contributed by atoms with Crippen LogP contribution in [0.2, 0.25) is 0 Å². The molecule has 0 spiro atoms. The molecular weight excluding hydrogens is 232 g/mol. The lowest BCUT2D eigenvalue weighted by atomic mass is 10.1. The summed E-state index contributed by atoms with van der Waals surface area (Å²) in [4.78, 5) is 21.2. The summed E-state index contributed by atoms with van der Waals surface area (Å²) in [7, 11) is 0. The van der Waals surface area contributed by atoms with Gasteiger partial charge in [0.1, 0.15) is 0 Å². The van der Waals surface area contributed by atoms with Gasteiger partial charge in [0, 0.05) is 18.2 Å². The minimum Gasteiger partial charge on any atom is -0.481 e. The molecule has 0 aliphatic rings. The average Bonchev–Trinajstić information content (AvgIpc) is 2.28. The molecule has 5 nitrogen and oxygen atoms in total. The number of carboxylic acids is 1. The molecule has 18 heavy (non-hydrogen) atoms. The third-order valence-electron chi connectivity index (χ3n) is 2.54. The SMILES string of the molecule is CC(CCC(=O)O)Nc1ccc(CC(N)=O)cc1. The Morgan fingerprint density at radius 1 is 1.33 bits per heavy atom. The third-order valence-corrected chi connectivity index (χ3v) is 2.54. The van der Waals surface area contributed by atoms with Gasteiger partial charge in [-0.05, 0) is 31.0 Å². The van der Waals surface area contributed by atoms with E-state index in [4.69, 9.17) is 10.8 Å². The van der Waals surface area contributed by atoms with Crippen molar-refractivity contribution in [3.05, 3.63) is 29.8 Å². The van der Waals surface area contributed by atoms with E-state index in [-0.39, 0.29) is 24.8 Å². The van der Waals surface area contributed by atoms with Crippen molar-refractivity contribution in [3.8, 4) is 0 Å². The predicted octanol–water partition coefficient (Wildman–Crippen LogP) is 1.38. The number of nitrogens with one attached hydrogen (secondary N) is 1. The van der Waals surface area contributed by atoms with Gasteiger partial charge >= 0.3 is 5.97 Å². The standard InChI is InChI=1S/C13H18N2O3/c1-9(2-7-13(17)18)15-11-5-3-10(4-6-11)8-12(14)16/h3-6,9,15H,2,7-8H2,1H3,(H2,14,16)(H,17,18). The minimum atomic E-state index is -0.791. The highest BCUT2D eigenvalue weighted by molar-refractivity contribution is 5.76. The van der Waals surface area contributed by atoms with E-state index in [0.717, 1.165) is 11.3 Å². The summed E-state index contributed by atoms with van der Waals surface area (Å²) >= 11 is 0. The van der Waals surface area contributed by atoms with Crippen molar-refractivity contribution in [1.82, 2.24) is 0 Å². The first-order valence-corrected chi connectivity index (χ1v) is 5.83. The Morgan fingerprint density at radius 2 is 1.94 bits per heavy atom. The predicted molar refractivity (Wildman–Crippen MR) is 69.3 cm³/mol. The van der Waals surface area contributed by atoms with Crippen molar-refractivity contribution < 1.29 is 14.7 Å². The molecular formula is C13H18N2O3. The van der Waals surface area contributed by atoms with Gasteiger partial charge in [0.2, 0.25) is 5.91 Å². The molecule has 0 fully saturated rings. The first kappa shape index (κ1) is 14.0. The van der Waals surface area contributed by atoms with E-state index in [1.165, 1.54) is 0 Å². The van der Waals surface area contributed by atoms with Gasteiger partial charge in [-0.2, -0.15) is 0 Å². The highest BCUT2D eigenvalue weighted by atomic mass is 16.4. The van der Waals surface area contributed by atoms with E-state index < -0.39 is 5.97 Å². The van der Waals surface area contributed by atoms with Gasteiger partial charge in [-0.15, -0.1) is 0 Å². The molecule has 4 N–H and O–H groups in total. The zero-order valence-electron chi connectivity index (χ0n) is 10.3. The van der Waals surface area contributed by atoms with Crippen LogP contribution in [0.3, 0.4) is 0 Å². The van der Waals surface area contributed by atoms with E-state index in [2.05, 4.69) is 5.32 Å². The first-order chi connectivity index (χ1) is 8.47. The van der Waals surface area contributed by atoms with Crippen LogP contribution in [0.15, 0.2) is 24.3 Å². The van der Waals surface area contributed by atoms with E-state index in [1.54, 1.807) is 0 Å². The maximum Gasteiger partial charge on any atom is 0.303 e. The molecule has 0 aromatic heterocycles. The van der Waals surface area contributed by atoms with Gasteiger partial charge in [-0.25, -0.2) is 0 Å². The number of hydrogen-bond acceptors (Lipinski definition) is 3. The van der Waals surface area contributed by atoms with Gasteiger partial charge in [-0.1, -0.05) is 12.1 Å². The van der Waals surface area contributed by atoms with E-state index >= 15 is 0 Å². The van der Waals surface area contributed by atoms with E-state index in [0.29, 0.717) is 6.42 Å². The van der Waals surface area contributed by atoms with E-state index in [1.807, 2.05) is 31.2 Å². The normalized spacial score (nSPS) is 11.8. The summed E-state index contributed by atoms with van der Waals surface area (Å²) in [6.45, 7) is 1.93. The van der Waals surface area contributed by atoms with Gasteiger partial charge in [0.05, 0.1) is 6.42 Å². The molecule has 0 aliphatic heterocycles. The average molecular weight is 250 g/mol. The third kappa shape index (κ3) is 5.34. The lowest BCUT2D eigenvalue weighted by molar-refractivity contribution is -0.137. The van der Waals surface area contributed by atoms with Crippen molar-refractivity contribution in [1.29, 1.82) is 0 Å². The fourth-order valence-corrected chi connectivity index (χ4v) is 1.62. The van der Waals surface area contributed by atoms with Gasteiger partial charge < -0.3 is 16.2 Å². The number of amides is 1. The Balaban J connectivity index is 2.47. The molecule has 0 saturated carbocycles. The Bertz CT molecular complexity index is 415. The zero-order valence-corrected chi connectivity index (χ0v) is 10.3. The van der Waals surface area contributed by atoms with Gasteiger partial charge in [0.15, 0.2) is 0 Å². The van der Waals surface area contributed by atoms with Crippen LogP contribution in [-0.2, 0) is 16.0 Å². The number of nitrogens with two attached hydrogens (primary N) is 1. The lowest BCUT2D eigenvalue weighted by Gasteiger charge is -2.14. The number of benzene rings is 1. The monoisotopic (exact) mass is 250 g/mol. The molecule has 1 atom stereocenters. The van der Waals surface area contributed by atoms with Crippen molar-refractivity contribution in [2.24, 2.45) is 5.73 Å². The Kier molecular flexibility index (Phi) is 5.17. The van der Waals surface area contributed by atoms with Crippen LogP contribution >= 0.6 is 0 Å². The maximum atomic E-state index is 10.7. The molecule has 1 aromatic carbocycles. The summed E-state index contributed by atoms with van der Waals surface area (Å²) in [5.74, 6) is -1.15. The number of anilines is 1. The van der Waals surface area contributed by atoms with Crippen LogP contribution in [0, 0.1) is 0 Å². The fraction of sp³-hybridized carbons (Fsp3) is 0.385. The Hall–Kier alpha value is -2.04. The first-order valence-electron chi connectivity index (χ1n) is 5.83. The fourth-order valence-electron chi connectivity index (χ4n) is 1.62. The Morgan fingerprint density at radius 3 is 2.44 bits per heavy atom.